The average molecular weight is 318 g/mol. The third-order valence-corrected chi connectivity index (χ3v) is 2.77. The second kappa shape index (κ2) is 7.12. The Morgan fingerprint density at radius 2 is 2.00 bits per heavy atom. The molecule has 1 radical (unpaired) electrons. The van der Waals surface area contributed by atoms with Crippen molar-refractivity contribution in [3.05, 3.63) is 20.8 Å². The molecule has 0 saturated heterocycles. The maximum absolute atomic E-state index is 11.5. The van der Waals surface area contributed by atoms with E-state index in [2.05, 4.69) is 10.3 Å². The minimum Gasteiger partial charge on any atom is -0.444 e. The molecule has 1 amide bonds. The fraction of sp³-hybridized carbons (Fsp3) is 0.400. The number of halogens is 2. The zero-order chi connectivity index (χ0) is 13.2. The van der Waals surface area contributed by atoms with Gasteiger partial charge in [-0.1, -0.05) is 35.4 Å². The first-order valence-electron chi connectivity index (χ1n) is 4.77. The first kappa shape index (κ1) is 18.2. The van der Waals surface area contributed by atoms with Crippen LogP contribution in [0.1, 0.15) is 20.8 Å². The van der Waals surface area contributed by atoms with Crippen LogP contribution in [0.5, 0.6) is 0 Å². The number of ether oxygens (including phenoxy) is 1. The molecule has 95 valence electrons. The topological polar surface area (TPSA) is 54.1 Å². The van der Waals surface area contributed by atoms with Crippen LogP contribution in [0.4, 0.5) is 10.6 Å². The van der Waals surface area contributed by atoms with Crippen LogP contribution in [-0.2, 0) is 4.74 Å². The number of carbonyl (C=O) groups is 1. The molecule has 0 fully saturated rings. The largest absolute Gasteiger partial charge is 0.444 e. The van der Waals surface area contributed by atoms with Gasteiger partial charge in [0.1, 0.15) is 16.6 Å². The van der Waals surface area contributed by atoms with Crippen LogP contribution in [0, 0.1) is 4.51 Å². The van der Waals surface area contributed by atoms with Crippen molar-refractivity contribution in [1.82, 2.24) is 4.98 Å². The number of pyridine rings is 1. The molecule has 8 heteroatoms. The zero-order valence-corrected chi connectivity index (χ0v) is 14.9. The summed E-state index contributed by atoms with van der Waals surface area (Å²) in [6.07, 6.45) is -0.596. The summed E-state index contributed by atoms with van der Waals surface area (Å²) in [7, 11) is 0. The smallest absolute Gasteiger partial charge is 0.413 e. The van der Waals surface area contributed by atoms with E-state index in [-0.39, 0.29) is 39.7 Å². The Morgan fingerprint density at radius 3 is 2.44 bits per heavy atom. The van der Waals surface area contributed by atoms with Crippen LogP contribution in [0.3, 0.4) is 0 Å². The Labute approximate surface area is 143 Å². The first-order chi connectivity index (χ1) is 7.69. The van der Waals surface area contributed by atoms with E-state index in [0.29, 0.717) is 10.3 Å². The van der Waals surface area contributed by atoms with E-state index in [9.17, 15) is 4.79 Å². The van der Waals surface area contributed by atoms with Crippen LogP contribution >= 0.6 is 35.4 Å². The molecule has 1 rings (SSSR count). The van der Waals surface area contributed by atoms with Gasteiger partial charge in [-0.25, -0.2) is 4.79 Å². The molecule has 0 unspecified atom stereocenters. The molecule has 1 aromatic rings. The SMILES string of the molecule is CC(C)(C)OC(=O)Nc1cc(=S)c(Cl)c(Cl)[nH]1.[Na]. The van der Waals surface area contributed by atoms with Crippen LogP contribution in [-0.4, -0.2) is 46.2 Å². The number of aromatic nitrogens is 1. The molecule has 0 atom stereocenters. The Bertz CT molecular complexity index is 500. The van der Waals surface area contributed by atoms with Gasteiger partial charge >= 0.3 is 6.09 Å². The number of aromatic amines is 1. The van der Waals surface area contributed by atoms with Gasteiger partial charge in [0.2, 0.25) is 0 Å². The third-order valence-electron chi connectivity index (χ3n) is 1.56. The Morgan fingerprint density at radius 1 is 1.44 bits per heavy atom. The summed E-state index contributed by atoms with van der Waals surface area (Å²) in [5, 5.41) is 2.90. The van der Waals surface area contributed by atoms with E-state index in [1.54, 1.807) is 20.8 Å². The summed E-state index contributed by atoms with van der Waals surface area (Å²) in [5.41, 5.74) is -0.572. The van der Waals surface area contributed by atoms with Gasteiger partial charge in [-0.3, -0.25) is 5.32 Å². The predicted molar refractivity (Wildman–Crippen MR) is 77.3 cm³/mol. The molecule has 18 heavy (non-hydrogen) atoms. The van der Waals surface area contributed by atoms with Gasteiger partial charge in [-0.05, 0) is 26.8 Å². The van der Waals surface area contributed by atoms with Crippen molar-refractivity contribution in [2.24, 2.45) is 0 Å². The number of nitrogens with one attached hydrogen (secondary N) is 2. The Hall–Kier alpha value is 0.220. The minimum absolute atomic E-state index is 0. The molecular weight excluding hydrogens is 306 g/mol. The van der Waals surface area contributed by atoms with Crippen molar-refractivity contribution in [1.29, 1.82) is 0 Å². The van der Waals surface area contributed by atoms with E-state index in [0.717, 1.165) is 0 Å². The summed E-state index contributed by atoms with van der Waals surface area (Å²) < 4.78 is 5.42. The second-order valence-corrected chi connectivity index (χ2v) is 5.50. The number of H-pyrrole nitrogens is 1. The van der Waals surface area contributed by atoms with Crippen molar-refractivity contribution < 1.29 is 9.53 Å². The van der Waals surface area contributed by atoms with Gasteiger partial charge in [0.15, 0.2) is 0 Å². The van der Waals surface area contributed by atoms with E-state index in [4.69, 9.17) is 40.2 Å². The molecule has 0 aliphatic carbocycles. The fourth-order valence-corrected chi connectivity index (χ4v) is 1.57. The zero-order valence-electron chi connectivity index (χ0n) is 10.6. The maximum Gasteiger partial charge on any atom is 0.413 e. The number of anilines is 1. The van der Waals surface area contributed by atoms with Crippen LogP contribution in [0.15, 0.2) is 6.07 Å². The quantitative estimate of drug-likeness (QED) is 0.467. The molecule has 0 saturated carbocycles. The Balaban J connectivity index is 0.00000289. The average Bonchev–Trinajstić information content (AvgIpc) is 2.10. The summed E-state index contributed by atoms with van der Waals surface area (Å²) in [5.74, 6) is 0.332. The van der Waals surface area contributed by atoms with Gasteiger partial charge in [0.05, 0.1) is 9.53 Å². The second-order valence-electron chi connectivity index (χ2n) is 4.30. The van der Waals surface area contributed by atoms with Crippen molar-refractivity contribution in [2.45, 2.75) is 26.4 Å². The summed E-state index contributed by atoms with van der Waals surface area (Å²) in [4.78, 5) is 14.2. The maximum atomic E-state index is 11.5. The van der Waals surface area contributed by atoms with E-state index < -0.39 is 11.7 Å². The normalized spacial score (nSPS) is 10.5. The molecule has 0 aromatic carbocycles. The van der Waals surface area contributed by atoms with Gasteiger partial charge in [-0.2, -0.15) is 0 Å². The van der Waals surface area contributed by atoms with Gasteiger partial charge < -0.3 is 9.72 Å². The molecule has 0 spiro atoms. The molecule has 0 aliphatic rings. The first-order valence-corrected chi connectivity index (χ1v) is 5.94. The van der Waals surface area contributed by atoms with Crippen molar-refractivity contribution in [3.63, 3.8) is 0 Å². The number of carbonyl (C=O) groups excluding carboxylic acids is 1. The standard InChI is InChI=1S/C10H12Cl2N2O2S.Na/c1-10(2,3)16-9(15)14-6-4-5(17)7(11)8(12)13-6;/h4H,1-3H3,(H2,13,14,15,17);. The van der Waals surface area contributed by atoms with E-state index in [1.807, 2.05) is 0 Å². The van der Waals surface area contributed by atoms with Crippen molar-refractivity contribution >= 4 is 76.9 Å². The molecule has 4 nitrogen and oxygen atoms in total. The van der Waals surface area contributed by atoms with Gasteiger partial charge in [0, 0.05) is 29.6 Å². The van der Waals surface area contributed by atoms with Crippen LogP contribution < -0.4 is 5.32 Å². The van der Waals surface area contributed by atoms with E-state index in [1.165, 1.54) is 6.07 Å². The monoisotopic (exact) mass is 317 g/mol. The van der Waals surface area contributed by atoms with Crippen LogP contribution in [0.25, 0.3) is 0 Å². The van der Waals surface area contributed by atoms with Crippen LogP contribution in [0.2, 0.25) is 10.2 Å². The number of rotatable bonds is 1. The van der Waals surface area contributed by atoms with E-state index >= 15 is 0 Å². The minimum atomic E-state index is -0.596. The van der Waals surface area contributed by atoms with Crippen molar-refractivity contribution in [3.8, 4) is 0 Å². The summed E-state index contributed by atoms with van der Waals surface area (Å²) in [6, 6.07) is 1.49. The molecule has 1 heterocycles. The van der Waals surface area contributed by atoms with Gasteiger partial charge in [0.25, 0.3) is 0 Å². The molecule has 1 aromatic heterocycles. The summed E-state index contributed by atoms with van der Waals surface area (Å²) in [6.45, 7) is 5.30. The number of amides is 1. The van der Waals surface area contributed by atoms with Crippen molar-refractivity contribution in [2.75, 3.05) is 5.32 Å². The number of hydrogen-bond acceptors (Lipinski definition) is 3. The molecule has 0 aliphatic heterocycles. The molecular formula is C10H12Cl2N2NaO2S. The predicted octanol–water partition coefficient (Wildman–Crippen LogP) is 4.02. The number of hydrogen-bond donors (Lipinski definition) is 2. The fourth-order valence-electron chi connectivity index (χ4n) is 0.993. The molecule has 0 bridgehead atoms. The Kier molecular flexibility index (Phi) is 7.21. The molecule has 2 N–H and O–H groups in total. The third kappa shape index (κ3) is 5.91. The summed E-state index contributed by atoms with van der Waals surface area (Å²) >= 11 is 16.5. The van der Waals surface area contributed by atoms with Gasteiger partial charge in [-0.15, -0.1) is 0 Å².